The summed E-state index contributed by atoms with van der Waals surface area (Å²) in [6.07, 6.45) is 0.0507. The Hall–Kier alpha value is -0.750. The van der Waals surface area contributed by atoms with E-state index in [1.165, 1.54) is 11.3 Å². The lowest BCUT2D eigenvalue weighted by atomic mass is 10.1. The molecule has 1 atom stereocenters. The molecule has 3 nitrogen and oxygen atoms in total. The average Bonchev–Trinajstić information content (AvgIpc) is 2.72. The summed E-state index contributed by atoms with van der Waals surface area (Å²) in [6.45, 7) is 1.22. The van der Waals surface area contributed by atoms with Gasteiger partial charge in [-0.1, -0.05) is 11.6 Å². The minimum Gasteiger partial charge on any atom is -0.490 e. The molecular weight excluding hydrogens is 364 g/mol. The van der Waals surface area contributed by atoms with E-state index in [-0.39, 0.29) is 0 Å². The van der Waals surface area contributed by atoms with E-state index in [9.17, 15) is 5.11 Å². The number of fused-ring (bicyclic) bond motifs is 1. The Kier molecular flexibility index (Phi) is 4.21. The van der Waals surface area contributed by atoms with Gasteiger partial charge < -0.3 is 14.6 Å². The van der Waals surface area contributed by atoms with Crippen LogP contribution in [0.2, 0.25) is 5.02 Å². The summed E-state index contributed by atoms with van der Waals surface area (Å²) >= 11 is 11.2. The first-order valence-electron chi connectivity index (χ1n) is 6.17. The van der Waals surface area contributed by atoms with Gasteiger partial charge >= 0.3 is 0 Å². The summed E-state index contributed by atoms with van der Waals surface area (Å²) in [6, 6.07) is 5.38. The molecule has 106 valence electrons. The van der Waals surface area contributed by atoms with E-state index in [1.807, 2.05) is 11.4 Å². The molecule has 0 saturated heterocycles. The fraction of sp³-hybridized carbons (Fsp3) is 0.286. The maximum absolute atomic E-state index is 10.5. The van der Waals surface area contributed by atoms with E-state index in [0.717, 1.165) is 15.8 Å². The number of thiophene rings is 1. The van der Waals surface area contributed by atoms with Crippen LogP contribution in [0.4, 0.5) is 0 Å². The van der Waals surface area contributed by atoms with Gasteiger partial charge in [-0.15, -0.1) is 11.3 Å². The Morgan fingerprint density at radius 3 is 2.60 bits per heavy atom. The molecule has 2 aromatic rings. The maximum atomic E-state index is 10.5. The molecule has 0 saturated carbocycles. The zero-order valence-corrected chi connectivity index (χ0v) is 13.6. The fourth-order valence-electron chi connectivity index (χ4n) is 2.05. The lowest BCUT2D eigenvalue weighted by Crippen LogP contribution is -2.01. The van der Waals surface area contributed by atoms with Gasteiger partial charge in [0.25, 0.3) is 0 Å². The molecule has 0 amide bonds. The van der Waals surface area contributed by atoms with Crippen LogP contribution in [-0.2, 0) is 0 Å². The topological polar surface area (TPSA) is 38.7 Å². The second-order valence-corrected chi connectivity index (χ2v) is 6.62. The standard InChI is InChI=1S/C14H12BrClO3S/c15-9-2-5-20-14(9)13(17)8-6-11-12(7-10(8)16)19-4-1-3-18-11/h2,5-7,13,17H,1,3-4H2. The number of aliphatic hydroxyl groups excluding tert-OH is 1. The predicted molar refractivity (Wildman–Crippen MR) is 83.1 cm³/mol. The van der Waals surface area contributed by atoms with Gasteiger partial charge in [-0.05, 0) is 33.4 Å². The van der Waals surface area contributed by atoms with Crippen molar-refractivity contribution in [3.8, 4) is 11.5 Å². The molecule has 6 heteroatoms. The van der Waals surface area contributed by atoms with Crippen molar-refractivity contribution in [3.05, 3.63) is 43.5 Å². The fourth-order valence-corrected chi connectivity index (χ4v) is 3.90. The number of benzene rings is 1. The molecule has 3 rings (SSSR count). The molecule has 1 aromatic carbocycles. The third-order valence-corrected chi connectivity index (χ3v) is 5.31. The minimum atomic E-state index is -0.783. The number of hydrogen-bond donors (Lipinski definition) is 1. The highest BCUT2D eigenvalue weighted by Gasteiger charge is 2.22. The maximum Gasteiger partial charge on any atom is 0.162 e. The number of aliphatic hydroxyl groups is 1. The van der Waals surface area contributed by atoms with Gasteiger partial charge in [0.15, 0.2) is 11.5 Å². The highest BCUT2D eigenvalue weighted by molar-refractivity contribution is 9.10. The van der Waals surface area contributed by atoms with E-state index in [4.69, 9.17) is 21.1 Å². The summed E-state index contributed by atoms with van der Waals surface area (Å²) in [5.74, 6) is 1.27. The van der Waals surface area contributed by atoms with Crippen LogP contribution in [-0.4, -0.2) is 18.3 Å². The normalized spacial score (nSPS) is 15.8. The molecule has 0 bridgehead atoms. The quantitative estimate of drug-likeness (QED) is 0.845. The molecule has 0 aliphatic carbocycles. The number of ether oxygens (including phenoxy) is 2. The van der Waals surface area contributed by atoms with Gasteiger partial charge in [0, 0.05) is 22.5 Å². The van der Waals surface area contributed by atoms with Crippen LogP contribution in [0.3, 0.4) is 0 Å². The first-order valence-corrected chi connectivity index (χ1v) is 8.22. The second-order valence-electron chi connectivity index (χ2n) is 4.41. The second kappa shape index (κ2) is 5.93. The molecule has 2 heterocycles. The van der Waals surface area contributed by atoms with Crippen LogP contribution in [0.15, 0.2) is 28.1 Å². The monoisotopic (exact) mass is 374 g/mol. The van der Waals surface area contributed by atoms with Crippen LogP contribution >= 0.6 is 38.9 Å². The Morgan fingerprint density at radius 1 is 1.25 bits per heavy atom. The van der Waals surface area contributed by atoms with Crippen molar-refractivity contribution in [3.63, 3.8) is 0 Å². The number of hydrogen-bond acceptors (Lipinski definition) is 4. The summed E-state index contributed by atoms with van der Waals surface area (Å²) in [4.78, 5) is 0.821. The molecule has 20 heavy (non-hydrogen) atoms. The Bertz CT molecular complexity index is 629. The molecular formula is C14H12BrClO3S. The highest BCUT2D eigenvalue weighted by atomic mass is 79.9. The SMILES string of the molecule is OC(c1cc2c(cc1Cl)OCCCO2)c1sccc1Br. The van der Waals surface area contributed by atoms with Crippen molar-refractivity contribution < 1.29 is 14.6 Å². The van der Waals surface area contributed by atoms with Crippen LogP contribution in [0.1, 0.15) is 23.0 Å². The summed E-state index contributed by atoms with van der Waals surface area (Å²) in [7, 11) is 0. The molecule has 1 N–H and O–H groups in total. The lowest BCUT2D eigenvalue weighted by Gasteiger charge is -2.15. The first kappa shape index (κ1) is 14.2. The molecule has 1 aliphatic rings. The van der Waals surface area contributed by atoms with Crippen LogP contribution < -0.4 is 9.47 Å². The highest BCUT2D eigenvalue weighted by Crippen LogP contribution is 2.41. The van der Waals surface area contributed by atoms with Crippen LogP contribution in [0.25, 0.3) is 0 Å². The van der Waals surface area contributed by atoms with E-state index < -0.39 is 6.10 Å². The van der Waals surface area contributed by atoms with Gasteiger partial charge in [0.1, 0.15) is 6.10 Å². The predicted octanol–water partition coefficient (Wildman–Crippen LogP) is 4.41. The van der Waals surface area contributed by atoms with Gasteiger partial charge in [-0.2, -0.15) is 0 Å². The Labute approximate surface area is 134 Å². The zero-order valence-electron chi connectivity index (χ0n) is 10.4. The van der Waals surface area contributed by atoms with E-state index in [1.54, 1.807) is 12.1 Å². The first-order chi connectivity index (χ1) is 9.66. The van der Waals surface area contributed by atoms with Crippen molar-refractivity contribution in [1.82, 2.24) is 0 Å². The minimum absolute atomic E-state index is 0.474. The molecule has 0 fully saturated rings. The largest absolute Gasteiger partial charge is 0.490 e. The summed E-state index contributed by atoms with van der Waals surface area (Å²) in [5.41, 5.74) is 0.624. The summed E-state index contributed by atoms with van der Waals surface area (Å²) < 4.78 is 12.1. The number of rotatable bonds is 2. The van der Waals surface area contributed by atoms with Crippen molar-refractivity contribution in [2.75, 3.05) is 13.2 Å². The van der Waals surface area contributed by atoms with Crippen molar-refractivity contribution in [1.29, 1.82) is 0 Å². The third kappa shape index (κ3) is 2.68. The van der Waals surface area contributed by atoms with Crippen molar-refractivity contribution >= 4 is 38.9 Å². The molecule has 0 radical (unpaired) electrons. The van der Waals surface area contributed by atoms with Crippen molar-refractivity contribution in [2.45, 2.75) is 12.5 Å². The molecule has 1 unspecified atom stereocenters. The van der Waals surface area contributed by atoms with E-state index in [0.29, 0.717) is 35.3 Å². The van der Waals surface area contributed by atoms with Crippen LogP contribution in [0, 0.1) is 0 Å². The third-order valence-electron chi connectivity index (χ3n) is 3.05. The van der Waals surface area contributed by atoms with Crippen LogP contribution in [0.5, 0.6) is 11.5 Å². The average molecular weight is 376 g/mol. The lowest BCUT2D eigenvalue weighted by molar-refractivity contribution is 0.222. The number of halogens is 2. The van der Waals surface area contributed by atoms with E-state index in [2.05, 4.69) is 15.9 Å². The molecule has 1 aliphatic heterocycles. The smallest absolute Gasteiger partial charge is 0.162 e. The Balaban J connectivity index is 2.01. The molecule has 1 aromatic heterocycles. The van der Waals surface area contributed by atoms with Gasteiger partial charge in [-0.25, -0.2) is 0 Å². The van der Waals surface area contributed by atoms with E-state index >= 15 is 0 Å². The van der Waals surface area contributed by atoms with Gasteiger partial charge in [-0.3, -0.25) is 0 Å². The summed E-state index contributed by atoms with van der Waals surface area (Å²) in [5, 5.41) is 12.9. The molecule has 0 spiro atoms. The zero-order chi connectivity index (χ0) is 14.1. The van der Waals surface area contributed by atoms with Gasteiger partial charge in [0.05, 0.1) is 23.1 Å². The Morgan fingerprint density at radius 2 is 1.95 bits per heavy atom. The van der Waals surface area contributed by atoms with Gasteiger partial charge in [0.2, 0.25) is 0 Å². The van der Waals surface area contributed by atoms with Crippen molar-refractivity contribution in [2.24, 2.45) is 0 Å².